The van der Waals surface area contributed by atoms with Gasteiger partial charge in [-0.15, -0.1) is 0 Å². The molecule has 0 aliphatic rings. The molecule has 0 aliphatic carbocycles. The van der Waals surface area contributed by atoms with E-state index in [2.05, 4.69) is 5.16 Å². The van der Waals surface area contributed by atoms with Crippen LogP contribution in [-0.4, -0.2) is 31.2 Å². The van der Waals surface area contributed by atoms with Crippen molar-refractivity contribution in [2.45, 2.75) is 13.3 Å². The third-order valence-electron chi connectivity index (χ3n) is 2.20. The van der Waals surface area contributed by atoms with Crippen molar-refractivity contribution in [1.29, 1.82) is 0 Å². The topological polar surface area (TPSA) is 51.1 Å². The van der Waals surface area contributed by atoms with Gasteiger partial charge in [-0.2, -0.15) is 0 Å². The van der Waals surface area contributed by atoms with E-state index in [0.717, 1.165) is 11.3 Å². The van der Waals surface area contributed by atoms with Crippen LogP contribution in [0, 0.1) is 0 Å². The Bertz CT molecular complexity index is 333. The highest BCUT2D eigenvalue weighted by Crippen LogP contribution is 2.13. The van der Waals surface area contributed by atoms with Crippen molar-refractivity contribution in [3.05, 3.63) is 29.8 Å². The summed E-state index contributed by atoms with van der Waals surface area (Å²) in [6, 6.07) is 7.46. The molecule has 4 nitrogen and oxygen atoms in total. The van der Waals surface area contributed by atoms with Gasteiger partial charge in [0.2, 0.25) is 0 Å². The van der Waals surface area contributed by atoms with Gasteiger partial charge in [0.1, 0.15) is 12.4 Å². The molecule has 0 amide bonds. The zero-order chi connectivity index (χ0) is 11.8. The fourth-order valence-electron chi connectivity index (χ4n) is 1.32. The third kappa shape index (κ3) is 3.55. The normalized spacial score (nSPS) is 11.5. The number of ether oxygens (including phenoxy) is 2. The van der Waals surface area contributed by atoms with E-state index in [9.17, 15) is 0 Å². The number of nitrogens with zero attached hydrogens (tertiary/aromatic N) is 1. The monoisotopic (exact) mass is 223 g/mol. The van der Waals surface area contributed by atoms with Gasteiger partial charge in [0, 0.05) is 7.11 Å². The molecular weight excluding hydrogens is 206 g/mol. The van der Waals surface area contributed by atoms with Crippen molar-refractivity contribution in [3.8, 4) is 5.75 Å². The second kappa shape index (κ2) is 6.85. The molecule has 0 heterocycles. The molecule has 0 atom stereocenters. The number of rotatable bonds is 6. The molecule has 0 unspecified atom stereocenters. The van der Waals surface area contributed by atoms with E-state index in [1.54, 1.807) is 7.11 Å². The first kappa shape index (κ1) is 12.5. The number of hydrogen-bond acceptors (Lipinski definition) is 4. The van der Waals surface area contributed by atoms with Gasteiger partial charge in [0.15, 0.2) is 0 Å². The van der Waals surface area contributed by atoms with Crippen LogP contribution in [0.5, 0.6) is 5.75 Å². The first-order chi connectivity index (χ1) is 7.81. The Labute approximate surface area is 95.5 Å². The first-order valence-electron chi connectivity index (χ1n) is 5.25. The van der Waals surface area contributed by atoms with Crippen molar-refractivity contribution >= 4 is 5.71 Å². The first-order valence-corrected chi connectivity index (χ1v) is 5.25. The molecule has 1 aromatic carbocycles. The zero-order valence-corrected chi connectivity index (χ0v) is 9.64. The molecule has 0 spiro atoms. The Morgan fingerprint density at radius 2 is 1.94 bits per heavy atom. The molecule has 0 fully saturated rings. The summed E-state index contributed by atoms with van der Waals surface area (Å²) in [6.45, 7) is 3.04. The van der Waals surface area contributed by atoms with Crippen LogP contribution < -0.4 is 4.74 Å². The molecule has 1 rings (SSSR count). The van der Waals surface area contributed by atoms with Gasteiger partial charge >= 0.3 is 0 Å². The highest BCUT2D eigenvalue weighted by Gasteiger charge is 2.01. The van der Waals surface area contributed by atoms with Crippen LogP contribution in [-0.2, 0) is 4.74 Å². The Kier molecular flexibility index (Phi) is 5.36. The van der Waals surface area contributed by atoms with Crippen molar-refractivity contribution in [3.63, 3.8) is 0 Å². The second-order valence-corrected chi connectivity index (χ2v) is 3.27. The van der Waals surface area contributed by atoms with Crippen molar-refractivity contribution in [2.75, 3.05) is 20.3 Å². The minimum Gasteiger partial charge on any atom is -0.491 e. The highest BCUT2D eigenvalue weighted by atomic mass is 16.5. The Morgan fingerprint density at radius 1 is 1.25 bits per heavy atom. The Morgan fingerprint density at radius 3 is 2.44 bits per heavy atom. The van der Waals surface area contributed by atoms with Crippen LogP contribution in [0.15, 0.2) is 29.4 Å². The summed E-state index contributed by atoms with van der Waals surface area (Å²) in [5, 5.41) is 12.0. The summed E-state index contributed by atoms with van der Waals surface area (Å²) in [7, 11) is 1.64. The number of methoxy groups -OCH3 is 1. The molecular formula is C12H17NO3. The molecule has 0 aliphatic heterocycles. The molecule has 0 bridgehead atoms. The molecule has 0 radical (unpaired) electrons. The summed E-state index contributed by atoms with van der Waals surface area (Å²) in [5.74, 6) is 0.786. The van der Waals surface area contributed by atoms with Crippen LogP contribution in [0.3, 0.4) is 0 Å². The van der Waals surface area contributed by atoms with Crippen LogP contribution in [0.1, 0.15) is 18.9 Å². The van der Waals surface area contributed by atoms with Crippen LogP contribution in [0.25, 0.3) is 0 Å². The summed E-state index contributed by atoms with van der Waals surface area (Å²) in [5.41, 5.74) is 1.58. The van der Waals surface area contributed by atoms with Gasteiger partial charge in [-0.05, 0) is 36.2 Å². The van der Waals surface area contributed by atoms with E-state index in [1.165, 1.54) is 0 Å². The summed E-state index contributed by atoms with van der Waals surface area (Å²) in [6.07, 6.45) is 0.695. The smallest absolute Gasteiger partial charge is 0.119 e. The lowest BCUT2D eigenvalue weighted by atomic mass is 10.1. The van der Waals surface area contributed by atoms with Crippen molar-refractivity contribution in [2.24, 2.45) is 5.16 Å². The lowest BCUT2D eigenvalue weighted by molar-refractivity contribution is 0.146. The molecule has 0 saturated carbocycles. The van der Waals surface area contributed by atoms with Gasteiger partial charge in [0.05, 0.1) is 12.3 Å². The average molecular weight is 223 g/mol. The maximum Gasteiger partial charge on any atom is 0.119 e. The zero-order valence-electron chi connectivity index (χ0n) is 9.64. The lowest BCUT2D eigenvalue weighted by Gasteiger charge is -2.06. The van der Waals surface area contributed by atoms with Crippen molar-refractivity contribution in [1.82, 2.24) is 0 Å². The molecule has 0 saturated heterocycles. The van der Waals surface area contributed by atoms with Gasteiger partial charge in [-0.25, -0.2) is 0 Å². The summed E-state index contributed by atoms with van der Waals surface area (Å²) < 4.78 is 10.3. The largest absolute Gasteiger partial charge is 0.491 e. The van der Waals surface area contributed by atoms with Gasteiger partial charge in [-0.3, -0.25) is 0 Å². The fourth-order valence-corrected chi connectivity index (χ4v) is 1.32. The third-order valence-corrected chi connectivity index (χ3v) is 2.20. The lowest BCUT2D eigenvalue weighted by Crippen LogP contribution is -2.04. The highest BCUT2D eigenvalue weighted by molar-refractivity contribution is 6.00. The van der Waals surface area contributed by atoms with E-state index in [0.29, 0.717) is 25.3 Å². The maximum absolute atomic E-state index is 8.76. The van der Waals surface area contributed by atoms with Crippen LogP contribution in [0.4, 0.5) is 0 Å². The minimum atomic E-state index is 0.532. The molecule has 1 aromatic rings. The van der Waals surface area contributed by atoms with Gasteiger partial charge in [0.25, 0.3) is 0 Å². The Balaban J connectivity index is 2.60. The van der Waals surface area contributed by atoms with E-state index >= 15 is 0 Å². The SMILES string of the molecule is CC/C(=N/O)c1ccc(OCCOC)cc1. The molecule has 4 heteroatoms. The predicted molar refractivity (Wildman–Crippen MR) is 62.4 cm³/mol. The standard InChI is InChI=1S/C12H17NO3/c1-3-12(13-14)10-4-6-11(7-5-10)16-9-8-15-2/h4-7,14H,3,8-9H2,1-2H3/b13-12-. The van der Waals surface area contributed by atoms with Crippen LogP contribution >= 0.6 is 0 Å². The molecule has 0 aromatic heterocycles. The van der Waals surface area contributed by atoms with Crippen molar-refractivity contribution < 1.29 is 14.7 Å². The van der Waals surface area contributed by atoms with Gasteiger partial charge in [-0.1, -0.05) is 12.1 Å². The van der Waals surface area contributed by atoms with Gasteiger partial charge < -0.3 is 14.7 Å². The minimum absolute atomic E-state index is 0.532. The average Bonchev–Trinajstić information content (AvgIpc) is 2.33. The van der Waals surface area contributed by atoms with Crippen LogP contribution in [0.2, 0.25) is 0 Å². The Hall–Kier alpha value is -1.55. The van der Waals surface area contributed by atoms with E-state index < -0.39 is 0 Å². The number of oxime groups is 1. The number of hydrogen-bond donors (Lipinski definition) is 1. The van der Waals surface area contributed by atoms with E-state index in [4.69, 9.17) is 14.7 Å². The molecule has 16 heavy (non-hydrogen) atoms. The predicted octanol–water partition coefficient (Wildman–Crippen LogP) is 2.30. The number of benzene rings is 1. The molecule has 88 valence electrons. The van der Waals surface area contributed by atoms with E-state index in [1.807, 2.05) is 31.2 Å². The summed E-state index contributed by atoms with van der Waals surface area (Å²) >= 11 is 0. The molecule has 1 N–H and O–H groups in total. The maximum atomic E-state index is 8.76. The van der Waals surface area contributed by atoms with E-state index in [-0.39, 0.29) is 0 Å². The summed E-state index contributed by atoms with van der Waals surface area (Å²) in [4.78, 5) is 0. The fraction of sp³-hybridized carbons (Fsp3) is 0.417. The second-order valence-electron chi connectivity index (χ2n) is 3.27. The quantitative estimate of drug-likeness (QED) is 0.348.